The number of hydrogen-bond donors (Lipinski definition) is 0. The van der Waals surface area contributed by atoms with Crippen LogP contribution in [0.25, 0.3) is 5.57 Å². The summed E-state index contributed by atoms with van der Waals surface area (Å²) in [6.45, 7) is 4.32. The second-order valence-corrected chi connectivity index (χ2v) is 5.31. The van der Waals surface area contributed by atoms with E-state index in [-0.39, 0.29) is 5.78 Å². The van der Waals surface area contributed by atoms with Crippen molar-refractivity contribution < 1.29 is 4.79 Å². The highest BCUT2D eigenvalue weighted by molar-refractivity contribution is 6.28. The van der Waals surface area contributed by atoms with Crippen LogP contribution in [0.5, 0.6) is 0 Å². The van der Waals surface area contributed by atoms with Crippen LogP contribution in [0.1, 0.15) is 36.2 Å². The zero-order valence-corrected chi connectivity index (χ0v) is 12.0. The average molecular weight is 264 g/mol. The van der Waals surface area contributed by atoms with Crippen LogP contribution in [-0.2, 0) is 0 Å². The van der Waals surface area contributed by atoms with Gasteiger partial charge < -0.3 is 0 Å². The molecule has 0 bridgehead atoms. The summed E-state index contributed by atoms with van der Waals surface area (Å²) < 4.78 is 0. The van der Waals surface area contributed by atoms with Crippen molar-refractivity contribution >= 4 is 11.4 Å². The van der Waals surface area contributed by atoms with Crippen LogP contribution in [0.4, 0.5) is 0 Å². The van der Waals surface area contributed by atoms with E-state index in [9.17, 15) is 4.79 Å². The summed E-state index contributed by atoms with van der Waals surface area (Å²) >= 11 is 0. The first kappa shape index (κ1) is 14.3. The van der Waals surface area contributed by atoms with E-state index < -0.39 is 0 Å². The monoisotopic (exact) mass is 264 g/mol. The number of ketones is 1. The van der Waals surface area contributed by atoms with Gasteiger partial charge in [0.1, 0.15) is 0 Å². The fraction of sp³-hybridized carbons (Fsp3) is 0.211. The molecular weight excluding hydrogens is 244 g/mol. The SMILES string of the molecule is CC(C)C/C=C(/C(=O)c1ccccc1)c1ccccc1. The highest BCUT2D eigenvalue weighted by Crippen LogP contribution is 2.21. The molecule has 0 aliphatic heterocycles. The summed E-state index contributed by atoms with van der Waals surface area (Å²) in [6.07, 6.45) is 2.97. The number of carbonyl (C=O) groups excluding carboxylic acids is 1. The molecule has 0 N–H and O–H groups in total. The van der Waals surface area contributed by atoms with Crippen LogP contribution in [0.3, 0.4) is 0 Å². The van der Waals surface area contributed by atoms with E-state index in [1.807, 2.05) is 60.7 Å². The van der Waals surface area contributed by atoms with Gasteiger partial charge in [-0.1, -0.05) is 80.6 Å². The van der Waals surface area contributed by atoms with Gasteiger partial charge in [-0.15, -0.1) is 0 Å². The van der Waals surface area contributed by atoms with Gasteiger partial charge in [0.05, 0.1) is 0 Å². The Balaban J connectivity index is 2.37. The molecule has 1 nitrogen and oxygen atoms in total. The zero-order valence-electron chi connectivity index (χ0n) is 12.0. The Kier molecular flexibility index (Phi) is 4.89. The van der Waals surface area contributed by atoms with Gasteiger partial charge in [-0.3, -0.25) is 4.79 Å². The molecule has 0 atom stereocenters. The summed E-state index contributed by atoms with van der Waals surface area (Å²) in [4.78, 5) is 12.7. The lowest BCUT2D eigenvalue weighted by molar-refractivity contribution is 0.105. The molecule has 0 aliphatic rings. The fourth-order valence-corrected chi connectivity index (χ4v) is 2.06. The predicted octanol–water partition coefficient (Wildman–Crippen LogP) is 5.00. The third-order valence-corrected chi connectivity index (χ3v) is 3.16. The average Bonchev–Trinajstić information content (AvgIpc) is 2.49. The Hall–Kier alpha value is -2.15. The summed E-state index contributed by atoms with van der Waals surface area (Å²) in [7, 11) is 0. The summed E-state index contributed by atoms with van der Waals surface area (Å²) in [5, 5.41) is 0. The van der Waals surface area contributed by atoms with Crippen molar-refractivity contribution in [2.24, 2.45) is 5.92 Å². The second-order valence-electron chi connectivity index (χ2n) is 5.31. The quantitative estimate of drug-likeness (QED) is 0.548. The van der Waals surface area contributed by atoms with Crippen molar-refractivity contribution in [2.75, 3.05) is 0 Å². The van der Waals surface area contributed by atoms with E-state index in [0.29, 0.717) is 5.92 Å². The molecule has 0 aromatic heterocycles. The first-order chi connectivity index (χ1) is 9.68. The smallest absolute Gasteiger partial charge is 0.193 e. The van der Waals surface area contributed by atoms with E-state index >= 15 is 0 Å². The molecule has 20 heavy (non-hydrogen) atoms. The highest BCUT2D eigenvalue weighted by Gasteiger charge is 2.13. The van der Waals surface area contributed by atoms with E-state index in [0.717, 1.165) is 23.1 Å². The lowest BCUT2D eigenvalue weighted by Gasteiger charge is -2.09. The normalized spacial score (nSPS) is 11.7. The number of benzene rings is 2. The minimum atomic E-state index is 0.0949. The summed E-state index contributed by atoms with van der Waals surface area (Å²) in [5.41, 5.74) is 2.53. The lowest BCUT2D eigenvalue weighted by atomic mass is 9.94. The molecule has 102 valence electrons. The molecule has 0 amide bonds. The molecule has 2 aromatic carbocycles. The fourth-order valence-electron chi connectivity index (χ4n) is 2.06. The Morgan fingerprint density at radius 2 is 1.40 bits per heavy atom. The van der Waals surface area contributed by atoms with Gasteiger partial charge in [0.2, 0.25) is 0 Å². The first-order valence-electron chi connectivity index (χ1n) is 7.04. The van der Waals surface area contributed by atoms with E-state index in [4.69, 9.17) is 0 Å². The highest BCUT2D eigenvalue weighted by atomic mass is 16.1. The van der Waals surface area contributed by atoms with Crippen LogP contribution in [0.2, 0.25) is 0 Å². The van der Waals surface area contributed by atoms with Crippen molar-refractivity contribution in [1.82, 2.24) is 0 Å². The van der Waals surface area contributed by atoms with Crippen molar-refractivity contribution in [3.05, 3.63) is 77.9 Å². The maximum atomic E-state index is 12.7. The Morgan fingerprint density at radius 3 is 1.90 bits per heavy atom. The van der Waals surface area contributed by atoms with Gasteiger partial charge in [0, 0.05) is 11.1 Å². The minimum absolute atomic E-state index is 0.0949. The van der Waals surface area contributed by atoms with E-state index in [2.05, 4.69) is 19.9 Å². The van der Waals surface area contributed by atoms with Gasteiger partial charge in [0.15, 0.2) is 5.78 Å². The van der Waals surface area contributed by atoms with Crippen molar-refractivity contribution in [2.45, 2.75) is 20.3 Å². The van der Waals surface area contributed by atoms with Gasteiger partial charge >= 0.3 is 0 Å². The van der Waals surface area contributed by atoms with E-state index in [1.54, 1.807) is 0 Å². The molecule has 0 saturated heterocycles. The van der Waals surface area contributed by atoms with Crippen molar-refractivity contribution in [1.29, 1.82) is 0 Å². The van der Waals surface area contributed by atoms with Crippen molar-refractivity contribution in [3.8, 4) is 0 Å². The molecule has 0 spiro atoms. The minimum Gasteiger partial charge on any atom is -0.289 e. The second kappa shape index (κ2) is 6.85. The molecule has 0 unspecified atom stereocenters. The molecule has 1 heteroatoms. The standard InChI is InChI=1S/C19H20O/c1-15(2)13-14-18(16-9-5-3-6-10-16)19(20)17-11-7-4-8-12-17/h3-12,14-15H,13H2,1-2H3/b18-14+. The number of rotatable bonds is 5. The number of allylic oxidation sites excluding steroid dienone is 2. The molecule has 2 rings (SSSR count). The van der Waals surface area contributed by atoms with Crippen molar-refractivity contribution in [3.63, 3.8) is 0 Å². The molecule has 0 radical (unpaired) electrons. The zero-order chi connectivity index (χ0) is 14.4. The van der Waals surface area contributed by atoms with Crippen LogP contribution >= 0.6 is 0 Å². The topological polar surface area (TPSA) is 17.1 Å². The first-order valence-corrected chi connectivity index (χ1v) is 7.04. The van der Waals surface area contributed by atoms with Crippen LogP contribution in [0.15, 0.2) is 66.7 Å². The largest absolute Gasteiger partial charge is 0.289 e. The Morgan fingerprint density at radius 1 is 0.900 bits per heavy atom. The van der Waals surface area contributed by atoms with Gasteiger partial charge in [0.25, 0.3) is 0 Å². The maximum Gasteiger partial charge on any atom is 0.193 e. The molecule has 2 aromatic rings. The van der Waals surface area contributed by atoms with Crippen LogP contribution in [-0.4, -0.2) is 5.78 Å². The van der Waals surface area contributed by atoms with Crippen LogP contribution in [0, 0.1) is 5.92 Å². The summed E-state index contributed by atoms with van der Waals surface area (Å²) in [5.74, 6) is 0.634. The molecule has 0 fully saturated rings. The molecule has 0 saturated carbocycles. The molecular formula is C19H20O. The Bertz CT molecular complexity index is 580. The summed E-state index contributed by atoms with van der Waals surface area (Å²) in [6, 6.07) is 19.4. The Labute approximate surface area is 121 Å². The number of hydrogen-bond acceptors (Lipinski definition) is 1. The van der Waals surface area contributed by atoms with Crippen LogP contribution < -0.4 is 0 Å². The molecule has 0 aliphatic carbocycles. The van der Waals surface area contributed by atoms with Gasteiger partial charge in [-0.05, 0) is 17.9 Å². The third-order valence-electron chi connectivity index (χ3n) is 3.16. The maximum absolute atomic E-state index is 12.7. The number of Topliss-reactive ketones (excluding diaryl/α,β-unsaturated/α-hetero) is 1. The third kappa shape index (κ3) is 3.67. The molecule has 0 heterocycles. The van der Waals surface area contributed by atoms with Gasteiger partial charge in [-0.2, -0.15) is 0 Å². The predicted molar refractivity (Wildman–Crippen MR) is 84.6 cm³/mol. The lowest BCUT2D eigenvalue weighted by Crippen LogP contribution is -2.03. The number of carbonyl (C=O) groups is 1. The van der Waals surface area contributed by atoms with Gasteiger partial charge in [-0.25, -0.2) is 0 Å². The van der Waals surface area contributed by atoms with E-state index in [1.165, 1.54) is 0 Å².